The fourth-order valence-electron chi connectivity index (χ4n) is 2.07. The van der Waals surface area contributed by atoms with Crippen LogP contribution in [0.1, 0.15) is 33.6 Å². The van der Waals surface area contributed by atoms with Crippen LogP contribution >= 0.6 is 34.2 Å². The summed E-state index contributed by atoms with van der Waals surface area (Å²) in [6.07, 6.45) is 2.11. The van der Waals surface area contributed by atoms with Gasteiger partial charge >= 0.3 is 0 Å². The molecule has 2 amide bonds. The molecule has 1 saturated carbocycles. The second-order valence-electron chi connectivity index (χ2n) is 5.40. The van der Waals surface area contributed by atoms with Crippen molar-refractivity contribution >= 4 is 51.7 Å². The normalized spacial score (nSPS) is 13.5. The van der Waals surface area contributed by atoms with Gasteiger partial charge in [-0.15, -0.1) is 0 Å². The number of amides is 2. The zero-order valence-electron chi connectivity index (χ0n) is 12.1. The van der Waals surface area contributed by atoms with Gasteiger partial charge < -0.3 is 10.6 Å². The standard InChI is InChI=1S/C17H14ClIN2O2/c18-11-3-8-14(15(19)9-11)17(23)21-12-4-1-10(2-5-12)16(22)20-13-6-7-13/h1-5,8-9,13H,6-7H2,(H,20,22)(H,21,23). The van der Waals surface area contributed by atoms with Crippen LogP contribution in [0.5, 0.6) is 0 Å². The molecule has 2 aromatic rings. The summed E-state index contributed by atoms with van der Waals surface area (Å²) in [5.74, 6) is -0.279. The number of anilines is 1. The molecular weight excluding hydrogens is 427 g/mol. The molecule has 0 heterocycles. The van der Waals surface area contributed by atoms with E-state index in [2.05, 4.69) is 33.2 Å². The summed E-state index contributed by atoms with van der Waals surface area (Å²) in [5.41, 5.74) is 1.80. The Kier molecular flexibility index (Phi) is 4.87. The van der Waals surface area contributed by atoms with Crippen LogP contribution < -0.4 is 10.6 Å². The van der Waals surface area contributed by atoms with E-state index in [1.54, 1.807) is 42.5 Å². The fraction of sp³-hybridized carbons (Fsp3) is 0.176. The minimum Gasteiger partial charge on any atom is -0.349 e. The van der Waals surface area contributed by atoms with Crippen LogP contribution in [0.25, 0.3) is 0 Å². The van der Waals surface area contributed by atoms with E-state index in [4.69, 9.17) is 11.6 Å². The molecule has 0 radical (unpaired) electrons. The first-order valence-corrected chi connectivity index (χ1v) is 8.66. The van der Waals surface area contributed by atoms with Crippen LogP contribution in [0.2, 0.25) is 5.02 Å². The maximum Gasteiger partial charge on any atom is 0.256 e. The first-order valence-electron chi connectivity index (χ1n) is 7.20. The molecule has 0 unspecified atom stereocenters. The number of rotatable bonds is 4. The van der Waals surface area contributed by atoms with Gasteiger partial charge in [0, 0.05) is 25.9 Å². The Labute approximate surface area is 152 Å². The Bertz CT molecular complexity index is 758. The highest BCUT2D eigenvalue weighted by Crippen LogP contribution is 2.21. The number of carbonyl (C=O) groups is 2. The molecule has 0 aliphatic heterocycles. The molecule has 0 spiro atoms. The molecule has 0 saturated heterocycles. The van der Waals surface area contributed by atoms with Gasteiger partial charge in [0.25, 0.3) is 11.8 Å². The molecular formula is C17H14ClIN2O2. The highest BCUT2D eigenvalue weighted by Gasteiger charge is 2.23. The van der Waals surface area contributed by atoms with E-state index in [0.29, 0.717) is 27.9 Å². The Morgan fingerprint density at radius 3 is 2.35 bits per heavy atom. The molecule has 4 nitrogen and oxygen atoms in total. The van der Waals surface area contributed by atoms with Crippen LogP contribution in [0.4, 0.5) is 5.69 Å². The maximum atomic E-state index is 12.3. The van der Waals surface area contributed by atoms with Crippen LogP contribution in [-0.2, 0) is 0 Å². The molecule has 0 atom stereocenters. The Hall–Kier alpha value is -1.60. The average molecular weight is 441 g/mol. The van der Waals surface area contributed by atoms with Crippen molar-refractivity contribution in [3.8, 4) is 0 Å². The summed E-state index contributed by atoms with van der Waals surface area (Å²) in [5, 5.41) is 6.34. The van der Waals surface area contributed by atoms with E-state index in [1.165, 1.54) is 0 Å². The minimum atomic E-state index is -0.207. The second-order valence-corrected chi connectivity index (χ2v) is 7.00. The van der Waals surface area contributed by atoms with Gasteiger partial charge in [-0.3, -0.25) is 9.59 Å². The summed E-state index contributed by atoms with van der Waals surface area (Å²) in [7, 11) is 0. The van der Waals surface area contributed by atoms with E-state index < -0.39 is 0 Å². The lowest BCUT2D eigenvalue weighted by atomic mass is 10.1. The summed E-state index contributed by atoms with van der Waals surface area (Å²) in [6.45, 7) is 0. The maximum absolute atomic E-state index is 12.3. The third kappa shape index (κ3) is 4.23. The van der Waals surface area contributed by atoms with E-state index in [-0.39, 0.29) is 11.8 Å². The lowest BCUT2D eigenvalue weighted by Crippen LogP contribution is -2.25. The van der Waals surface area contributed by atoms with E-state index >= 15 is 0 Å². The van der Waals surface area contributed by atoms with Gasteiger partial charge in [-0.05, 0) is 77.9 Å². The Morgan fingerprint density at radius 1 is 1.04 bits per heavy atom. The number of hydrogen-bond acceptors (Lipinski definition) is 2. The summed E-state index contributed by atoms with van der Waals surface area (Å²) < 4.78 is 0.785. The van der Waals surface area contributed by atoms with Gasteiger partial charge in [-0.25, -0.2) is 0 Å². The molecule has 1 fully saturated rings. The molecule has 6 heteroatoms. The third-order valence-corrected chi connectivity index (χ3v) is 4.62. The van der Waals surface area contributed by atoms with Gasteiger partial charge in [-0.2, -0.15) is 0 Å². The van der Waals surface area contributed by atoms with Crippen LogP contribution in [0.3, 0.4) is 0 Å². The SMILES string of the molecule is O=C(NC1CC1)c1ccc(NC(=O)c2ccc(Cl)cc2I)cc1. The highest BCUT2D eigenvalue weighted by molar-refractivity contribution is 14.1. The van der Waals surface area contributed by atoms with Crippen molar-refractivity contribution in [2.75, 3.05) is 5.32 Å². The van der Waals surface area contributed by atoms with Gasteiger partial charge in [0.2, 0.25) is 0 Å². The number of carbonyl (C=O) groups excluding carboxylic acids is 2. The van der Waals surface area contributed by atoms with Gasteiger partial charge in [0.1, 0.15) is 0 Å². The van der Waals surface area contributed by atoms with Gasteiger partial charge in [-0.1, -0.05) is 11.6 Å². The summed E-state index contributed by atoms with van der Waals surface area (Å²) in [6, 6.07) is 12.3. The van der Waals surface area contributed by atoms with Crippen LogP contribution in [-0.4, -0.2) is 17.9 Å². The van der Waals surface area contributed by atoms with Crippen LogP contribution in [0.15, 0.2) is 42.5 Å². The van der Waals surface area contributed by atoms with Gasteiger partial charge in [0.05, 0.1) is 5.56 Å². The molecule has 1 aliphatic rings. The molecule has 23 heavy (non-hydrogen) atoms. The monoisotopic (exact) mass is 440 g/mol. The first-order chi connectivity index (χ1) is 11.0. The van der Waals surface area contributed by atoms with E-state index in [0.717, 1.165) is 16.4 Å². The number of hydrogen-bond donors (Lipinski definition) is 2. The lowest BCUT2D eigenvalue weighted by molar-refractivity contribution is 0.0950. The van der Waals surface area contributed by atoms with E-state index in [9.17, 15) is 9.59 Å². The van der Waals surface area contributed by atoms with Crippen LogP contribution in [0, 0.1) is 3.57 Å². The molecule has 3 rings (SSSR count). The highest BCUT2D eigenvalue weighted by atomic mass is 127. The van der Waals surface area contributed by atoms with Gasteiger partial charge in [0.15, 0.2) is 0 Å². The second kappa shape index (κ2) is 6.88. The summed E-state index contributed by atoms with van der Waals surface area (Å²) in [4.78, 5) is 24.2. The lowest BCUT2D eigenvalue weighted by Gasteiger charge is -2.08. The zero-order chi connectivity index (χ0) is 16.4. The Morgan fingerprint density at radius 2 is 1.74 bits per heavy atom. The van der Waals surface area contributed by atoms with E-state index in [1.807, 2.05) is 0 Å². The quantitative estimate of drug-likeness (QED) is 0.704. The Balaban J connectivity index is 1.67. The molecule has 0 bridgehead atoms. The van der Waals surface area contributed by atoms with Crippen molar-refractivity contribution in [2.45, 2.75) is 18.9 Å². The van der Waals surface area contributed by atoms with Crippen molar-refractivity contribution in [3.63, 3.8) is 0 Å². The van der Waals surface area contributed by atoms with Crippen molar-refractivity contribution < 1.29 is 9.59 Å². The fourth-order valence-corrected chi connectivity index (χ4v) is 3.19. The molecule has 2 N–H and O–H groups in total. The molecule has 118 valence electrons. The minimum absolute atomic E-state index is 0.0716. The topological polar surface area (TPSA) is 58.2 Å². The number of benzene rings is 2. The molecule has 0 aromatic heterocycles. The van der Waals surface area contributed by atoms with Crippen molar-refractivity contribution in [1.82, 2.24) is 5.32 Å². The predicted molar refractivity (Wildman–Crippen MR) is 99.1 cm³/mol. The number of halogens is 2. The molecule has 2 aromatic carbocycles. The average Bonchev–Trinajstić information content (AvgIpc) is 3.31. The van der Waals surface area contributed by atoms with Crippen molar-refractivity contribution in [2.24, 2.45) is 0 Å². The number of nitrogens with one attached hydrogen (secondary N) is 2. The zero-order valence-corrected chi connectivity index (χ0v) is 15.0. The predicted octanol–water partition coefficient (Wildman–Crippen LogP) is 4.09. The van der Waals surface area contributed by atoms with Crippen molar-refractivity contribution in [3.05, 3.63) is 62.2 Å². The molecule has 1 aliphatic carbocycles. The third-order valence-electron chi connectivity index (χ3n) is 3.49. The first kappa shape index (κ1) is 16.3. The smallest absolute Gasteiger partial charge is 0.256 e. The largest absolute Gasteiger partial charge is 0.349 e. The van der Waals surface area contributed by atoms with Crippen molar-refractivity contribution in [1.29, 1.82) is 0 Å². The summed E-state index contributed by atoms with van der Waals surface area (Å²) >= 11 is 7.97.